The molecule has 0 aromatic heterocycles. The minimum Gasteiger partial charge on any atom is -0.492 e. The van der Waals surface area contributed by atoms with Gasteiger partial charge in [-0.2, -0.15) is 0 Å². The first-order valence-corrected chi connectivity index (χ1v) is 8.54. The van der Waals surface area contributed by atoms with E-state index in [-0.39, 0.29) is 4.90 Å². The Labute approximate surface area is 120 Å². The standard InChI is InChI=1S/C14H22N2O3S/c1-2-16-20(17,18)14-6-4-3-5-13(14)19-10-8-12-7-9-15-11-12/h3-6,12,15-16H,2,7-11H2,1H3. The highest BCUT2D eigenvalue weighted by molar-refractivity contribution is 7.89. The van der Waals surface area contributed by atoms with Crippen molar-refractivity contribution in [2.24, 2.45) is 5.92 Å². The average molecular weight is 298 g/mol. The van der Waals surface area contributed by atoms with Crippen LogP contribution in [0.2, 0.25) is 0 Å². The number of hydrogen-bond acceptors (Lipinski definition) is 4. The van der Waals surface area contributed by atoms with Crippen LogP contribution < -0.4 is 14.8 Å². The summed E-state index contributed by atoms with van der Waals surface area (Å²) in [6, 6.07) is 6.77. The molecule has 1 heterocycles. The highest BCUT2D eigenvalue weighted by Gasteiger charge is 2.19. The third-order valence-corrected chi connectivity index (χ3v) is 5.00. The summed E-state index contributed by atoms with van der Waals surface area (Å²) < 4.78 is 32.3. The number of hydrogen-bond donors (Lipinski definition) is 2. The maximum atomic E-state index is 12.1. The molecule has 1 aromatic rings. The Morgan fingerprint density at radius 3 is 2.90 bits per heavy atom. The van der Waals surface area contributed by atoms with Crippen LogP contribution in [0.1, 0.15) is 19.8 Å². The van der Waals surface area contributed by atoms with E-state index in [1.54, 1.807) is 31.2 Å². The molecule has 1 saturated heterocycles. The molecule has 0 radical (unpaired) electrons. The van der Waals surface area contributed by atoms with Gasteiger partial charge in [0.2, 0.25) is 10.0 Å². The summed E-state index contributed by atoms with van der Waals surface area (Å²) in [5.41, 5.74) is 0. The average Bonchev–Trinajstić information content (AvgIpc) is 2.92. The number of benzene rings is 1. The lowest BCUT2D eigenvalue weighted by Gasteiger charge is -2.13. The van der Waals surface area contributed by atoms with Crippen LogP contribution in [0.4, 0.5) is 0 Å². The Morgan fingerprint density at radius 2 is 2.20 bits per heavy atom. The molecule has 0 saturated carbocycles. The van der Waals surface area contributed by atoms with Crippen molar-refractivity contribution in [3.05, 3.63) is 24.3 Å². The molecule has 6 heteroatoms. The first-order valence-electron chi connectivity index (χ1n) is 7.05. The van der Waals surface area contributed by atoms with E-state index in [1.165, 1.54) is 6.42 Å². The van der Waals surface area contributed by atoms with Crippen molar-refractivity contribution in [2.45, 2.75) is 24.7 Å². The van der Waals surface area contributed by atoms with Crippen molar-refractivity contribution in [2.75, 3.05) is 26.2 Å². The Morgan fingerprint density at radius 1 is 1.40 bits per heavy atom. The van der Waals surface area contributed by atoms with E-state index in [0.29, 0.717) is 24.8 Å². The Kier molecular flexibility index (Phi) is 5.39. The van der Waals surface area contributed by atoms with E-state index >= 15 is 0 Å². The van der Waals surface area contributed by atoms with Gasteiger partial charge >= 0.3 is 0 Å². The maximum Gasteiger partial charge on any atom is 0.244 e. The van der Waals surface area contributed by atoms with Gasteiger partial charge < -0.3 is 10.1 Å². The van der Waals surface area contributed by atoms with Crippen LogP contribution in [-0.4, -0.2) is 34.7 Å². The predicted octanol–water partition coefficient (Wildman–Crippen LogP) is 1.36. The molecule has 20 heavy (non-hydrogen) atoms. The van der Waals surface area contributed by atoms with E-state index in [0.717, 1.165) is 19.5 Å². The fraction of sp³-hybridized carbons (Fsp3) is 0.571. The van der Waals surface area contributed by atoms with Crippen molar-refractivity contribution >= 4 is 10.0 Å². The van der Waals surface area contributed by atoms with Crippen LogP contribution in [0.5, 0.6) is 5.75 Å². The first kappa shape index (κ1) is 15.3. The van der Waals surface area contributed by atoms with Gasteiger partial charge in [0.15, 0.2) is 0 Å². The molecule has 5 nitrogen and oxygen atoms in total. The van der Waals surface area contributed by atoms with Crippen LogP contribution in [0.15, 0.2) is 29.2 Å². The summed E-state index contributed by atoms with van der Waals surface area (Å²) in [6.07, 6.45) is 2.11. The van der Waals surface area contributed by atoms with E-state index in [4.69, 9.17) is 4.74 Å². The van der Waals surface area contributed by atoms with Gasteiger partial charge in [0.1, 0.15) is 10.6 Å². The topological polar surface area (TPSA) is 67.4 Å². The highest BCUT2D eigenvalue weighted by Crippen LogP contribution is 2.24. The Hall–Kier alpha value is -1.11. The second-order valence-electron chi connectivity index (χ2n) is 4.94. The quantitative estimate of drug-likeness (QED) is 0.798. The zero-order valence-electron chi connectivity index (χ0n) is 11.8. The van der Waals surface area contributed by atoms with Crippen molar-refractivity contribution in [3.63, 3.8) is 0 Å². The third-order valence-electron chi connectivity index (χ3n) is 3.42. The van der Waals surface area contributed by atoms with Gasteiger partial charge in [-0.05, 0) is 44.0 Å². The molecule has 1 unspecified atom stereocenters. The Bertz CT molecular complexity index is 525. The van der Waals surface area contributed by atoms with E-state index in [1.807, 2.05) is 0 Å². The number of para-hydroxylation sites is 1. The second-order valence-corrected chi connectivity index (χ2v) is 6.68. The molecule has 1 aromatic carbocycles. The molecular formula is C14H22N2O3S. The molecule has 1 aliphatic rings. The summed E-state index contributed by atoms with van der Waals surface area (Å²) in [5, 5.41) is 3.31. The minimum atomic E-state index is -3.48. The monoisotopic (exact) mass is 298 g/mol. The van der Waals surface area contributed by atoms with Gasteiger partial charge in [0.25, 0.3) is 0 Å². The Balaban J connectivity index is 2.00. The lowest BCUT2D eigenvalue weighted by atomic mass is 10.1. The fourth-order valence-corrected chi connectivity index (χ4v) is 3.54. The molecule has 0 amide bonds. The van der Waals surface area contributed by atoms with Gasteiger partial charge in [0, 0.05) is 6.54 Å². The van der Waals surface area contributed by atoms with Gasteiger partial charge in [-0.3, -0.25) is 0 Å². The third kappa shape index (κ3) is 3.94. The van der Waals surface area contributed by atoms with Crippen molar-refractivity contribution in [1.29, 1.82) is 0 Å². The number of rotatable bonds is 7. The van der Waals surface area contributed by atoms with Crippen LogP contribution in [0.25, 0.3) is 0 Å². The van der Waals surface area contributed by atoms with Gasteiger partial charge in [-0.15, -0.1) is 0 Å². The molecule has 2 N–H and O–H groups in total. The number of ether oxygens (including phenoxy) is 1. The van der Waals surface area contributed by atoms with Crippen molar-refractivity contribution in [1.82, 2.24) is 10.0 Å². The molecule has 1 aliphatic heterocycles. The first-order chi connectivity index (χ1) is 9.63. The van der Waals surface area contributed by atoms with Gasteiger partial charge in [-0.1, -0.05) is 19.1 Å². The predicted molar refractivity (Wildman–Crippen MR) is 78.4 cm³/mol. The van der Waals surface area contributed by atoms with Crippen molar-refractivity contribution < 1.29 is 13.2 Å². The zero-order valence-corrected chi connectivity index (χ0v) is 12.6. The number of sulfonamides is 1. The van der Waals surface area contributed by atoms with Gasteiger partial charge in [0.05, 0.1) is 6.61 Å². The highest BCUT2D eigenvalue weighted by atomic mass is 32.2. The largest absolute Gasteiger partial charge is 0.492 e. The summed E-state index contributed by atoms with van der Waals surface area (Å²) in [7, 11) is -3.48. The molecule has 1 atom stereocenters. The SMILES string of the molecule is CCNS(=O)(=O)c1ccccc1OCCC1CCNC1. The van der Waals surface area contributed by atoms with Crippen molar-refractivity contribution in [3.8, 4) is 5.75 Å². The fourth-order valence-electron chi connectivity index (χ4n) is 2.36. The van der Waals surface area contributed by atoms with Crippen LogP contribution >= 0.6 is 0 Å². The molecule has 112 valence electrons. The maximum absolute atomic E-state index is 12.1. The van der Waals surface area contributed by atoms with E-state index < -0.39 is 10.0 Å². The van der Waals surface area contributed by atoms with Crippen LogP contribution in [-0.2, 0) is 10.0 Å². The molecule has 0 aliphatic carbocycles. The zero-order chi connectivity index (χ0) is 14.4. The van der Waals surface area contributed by atoms with Crippen LogP contribution in [0.3, 0.4) is 0 Å². The summed E-state index contributed by atoms with van der Waals surface area (Å²) >= 11 is 0. The molecule has 0 spiro atoms. The lowest BCUT2D eigenvalue weighted by Crippen LogP contribution is -2.24. The smallest absolute Gasteiger partial charge is 0.244 e. The number of nitrogens with one attached hydrogen (secondary N) is 2. The van der Waals surface area contributed by atoms with E-state index in [2.05, 4.69) is 10.0 Å². The minimum absolute atomic E-state index is 0.214. The van der Waals surface area contributed by atoms with Crippen LogP contribution in [0, 0.1) is 5.92 Å². The summed E-state index contributed by atoms with van der Waals surface area (Å²) in [6.45, 7) is 4.76. The van der Waals surface area contributed by atoms with E-state index in [9.17, 15) is 8.42 Å². The normalized spacial score (nSPS) is 19.1. The molecule has 1 fully saturated rings. The second kappa shape index (κ2) is 7.06. The molecule has 0 bridgehead atoms. The summed E-state index contributed by atoms with van der Waals surface area (Å²) in [5.74, 6) is 1.06. The lowest BCUT2D eigenvalue weighted by molar-refractivity contribution is 0.277. The molecule has 2 rings (SSSR count). The molecular weight excluding hydrogens is 276 g/mol. The summed E-state index contributed by atoms with van der Waals surface area (Å²) in [4.78, 5) is 0.214. The van der Waals surface area contributed by atoms with Gasteiger partial charge in [-0.25, -0.2) is 13.1 Å².